The third kappa shape index (κ3) is 4.29. The van der Waals surface area contributed by atoms with Gasteiger partial charge in [0.15, 0.2) is 5.13 Å². The number of carbonyl (C=O) groups is 1. The molecule has 4 nitrogen and oxygen atoms in total. The van der Waals surface area contributed by atoms with Crippen molar-refractivity contribution < 1.29 is 4.79 Å². The summed E-state index contributed by atoms with van der Waals surface area (Å²) in [4.78, 5) is 16.4. The van der Waals surface area contributed by atoms with E-state index in [4.69, 9.17) is 5.73 Å². The first kappa shape index (κ1) is 18.6. The third-order valence-corrected chi connectivity index (χ3v) is 4.17. The molecule has 1 aromatic heterocycles. The molecule has 0 radical (unpaired) electrons. The number of benzene rings is 1. The second kappa shape index (κ2) is 7.72. The number of aromatic nitrogens is 1. The maximum absolute atomic E-state index is 11.9. The van der Waals surface area contributed by atoms with Crippen LogP contribution in [-0.2, 0) is 4.79 Å². The molecule has 0 saturated heterocycles. The first-order valence-corrected chi connectivity index (χ1v) is 7.86. The predicted molar refractivity (Wildman–Crippen MR) is 95.7 cm³/mol. The number of carbonyl (C=O) groups excluding carboxylic acids is 1. The Morgan fingerprint density at radius 3 is 2.59 bits per heavy atom. The summed E-state index contributed by atoms with van der Waals surface area (Å²) < 4.78 is 0. The van der Waals surface area contributed by atoms with Crippen molar-refractivity contribution in [3.8, 4) is 11.3 Å². The SMILES string of the molecule is Cc1ccc(-c2csc(NC(=O)[C@@H](N)C(C)C)n2)c(C)c1.Cl. The van der Waals surface area contributed by atoms with E-state index in [9.17, 15) is 4.79 Å². The molecule has 0 bridgehead atoms. The molecule has 1 aromatic carbocycles. The van der Waals surface area contributed by atoms with E-state index in [0.717, 1.165) is 11.3 Å². The summed E-state index contributed by atoms with van der Waals surface area (Å²) in [5, 5.41) is 5.33. The van der Waals surface area contributed by atoms with Gasteiger partial charge in [-0.25, -0.2) is 4.98 Å². The average molecular weight is 340 g/mol. The van der Waals surface area contributed by atoms with E-state index in [1.54, 1.807) is 0 Å². The lowest BCUT2D eigenvalue weighted by atomic mass is 10.0. The second-order valence-corrected chi connectivity index (χ2v) is 6.47. The molecule has 22 heavy (non-hydrogen) atoms. The molecular weight excluding hydrogens is 318 g/mol. The number of aryl methyl sites for hydroxylation is 2. The largest absolute Gasteiger partial charge is 0.320 e. The molecule has 0 unspecified atom stereocenters. The summed E-state index contributed by atoms with van der Waals surface area (Å²) in [5.74, 6) is -0.0877. The Hall–Kier alpha value is -1.43. The Morgan fingerprint density at radius 2 is 2.00 bits per heavy atom. The third-order valence-electron chi connectivity index (χ3n) is 3.41. The molecule has 2 rings (SSSR count). The highest BCUT2D eigenvalue weighted by molar-refractivity contribution is 7.14. The van der Waals surface area contributed by atoms with Gasteiger partial charge in [-0.2, -0.15) is 0 Å². The lowest BCUT2D eigenvalue weighted by Gasteiger charge is -2.13. The Kier molecular flexibility index (Phi) is 6.53. The monoisotopic (exact) mass is 339 g/mol. The van der Waals surface area contributed by atoms with E-state index in [1.165, 1.54) is 22.5 Å². The van der Waals surface area contributed by atoms with Crippen molar-refractivity contribution in [1.82, 2.24) is 4.98 Å². The number of halogens is 1. The van der Waals surface area contributed by atoms with Gasteiger partial charge in [0.1, 0.15) is 0 Å². The number of nitrogens with zero attached hydrogens (tertiary/aromatic N) is 1. The molecule has 1 amide bonds. The molecule has 0 fully saturated rings. The Balaban J connectivity index is 0.00000242. The summed E-state index contributed by atoms with van der Waals surface area (Å²) in [6.07, 6.45) is 0. The molecule has 1 heterocycles. The van der Waals surface area contributed by atoms with Crippen molar-refractivity contribution in [1.29, 1.82) is 0 Å². The maximum atomic E-state index is 11.9. The van der Waals surface area contributed by atoms with Crippen LogP contribution in [0.1, 0.15) is 25.0 Å². The molecule has 0 saturated carbocycles. The topological polar surface area (TPSA) is 68.0 Å². The minimum absolute atomic E-state index is 0. The zero-order chi connectivity index (χ0) is 15.6. The fraction of sp³-hybridized carbons (Fsp3) is 0.375. The number of hydrogen-bond donors (Lipinski definition) is 2. The van der Waals surface area contributed by atoms with Crippen LogP contribution in [-0.4, -0.2) is 16.9 Å². The van der Waals surface area contributed by atoms with Crippen molar-refractivity contribution in [3.05, 3.63) is 34.7 Å². The zero-order valence-electron chi connectivity index (χ0n) is 13.2. The number of nitrogens with one attached hydrogen (secondary N) is 1. The van der Waals surface area contributed by atoms with Crippen LogP contribution in [0.4, 0.5) is 5.13 Å². The van der Waals surface area contributed by atoms with Crippen molar-refractivity contribution >= 4 is 34.8 Å². The van der Waals surface area contributed by atoms with Gasteiger partial charge >= 0.3 is 0 Å². The molecular formula is C16H22ClN3OS. The summed E-state index contributed by atoms with van der Waals surface area (Å²) in [6, 6.07) is 5.74. The lowest BCUT2D eigenvalue weighted by molar-refractivity contribution is -0.118. The van der Waals surface area contributed by atoms with Gasteiger partial charge in [0, 0.05) is 10.9 Å². The first-order chi connectivity index (χ1) is 9.88. The number of anilines is 1. The van der Waals surface area contributed by atoms with Gasteiger partial charge in [0.25, 0.3) is 0 Å². The van der Waals surface area contributed by atoms with Crippen LogP contribution < -0.4 is 11.1 Å². The van der Waals surface area contributed by atoms with Crippen LogP contribution in [0.5, 0.6) is 0 Å². The molecule has 2 aromatic rings. The van der Waals surface area contributed by atoms with Gasteiger partial charge in [-0.3, -0.25) is 4.79 Å². The predicted octanol–water partition coefficient (Wildman–Crippen LogP) is 3.77. The van der Waals surface area contributed by atoms with Gasteiger partial charge < -0.3 is 11.1 Å². The smallest absolute Gasteiger partial charge is 0.243 e. The van der Waals surface area contributed by atoms with E-state index in [-0.39, 0.29) is 24.2 Å². The second-order valence-electron chi connectivity index (χ2n) is 5.62. The first-order valence-electron chi connectivity index (χ1n) is 6.98. The highest BCUT2D eigenvalue weighted by Crippen LogP contribution is 2.28. The van der Waals surface area contributed by atoms with E-state index in [1.807, 2.05) is 19.2 Å². The van der Waals surface area contributed by atoms with Gasteiger partial charge in [0.05, 0.1) is 11.7 Å². The minimum atomic E-state index is -0.515. The fourth-order valence-corrected chi connectivity index (χ4v) is 2.76. The van der Waals surface area contributed by atoms with Gasteiger partial charge in [0.2, 0.25) is 5.91 Å². The van der Waals surface area contributed by atoms with Crippen molar-refractivity contribution in [2.24, 2.45) is 11.7 Å². The summed E-state index contributed by atoms with van der Waals surface area (Å²) in [6.45, 7) is 7.98. The molecule has 0 spiro atoms. The van der Waals surface area contributed by atoms with Crippen LogP contribution in [0, 0.1) is 19.8 Å². The molecule has 0 aliphatic heterocycles. The highest BCUT2D eigenvalue weighted by atomic mass is 35.5. The number of amides is 1. The maximum Gasteiger partial charge on any atom is 0.243 e. The van der Waals surface area contributed by atoms with Crippen LogP contribution >= 0.6 is 23.7 Å². The van der Waals surface area contributed by atoms with Crippen LogP contribution in [0.2, 0.25) is 0 Å². The van der Waals surface area contributed by atoms with Crippen molar-refractivity contribution in [2.75, 3.05) is 5.32 Å². The number of nitrogens with two attached hydrogens (primary N) is 1. The number of rotatable bonds is 4. The highest BCUT2D eigenvalue weighted by Gasteiger charge is 2.18. The summed E-state index contributed by atoms with van der Waals surface area (Å²) >= 11 is 1.42. The average Bonchev–Trinajstić information content (AvgIpc) is 2.85. The van der Waals surface area contributed by atoms with E-state index in [2.05, 4.69) is 42.3 Å². The van der Waals surface area contributed by atoms with Crippen molar-refractivity contribution in [2.45, 2.75) is 33.7 Å². The molecule has 120 valence electrons. The molecule has 0 aliphatic carbocycles. The number of thiazole rings is 1. The van der Waals surface area contributed by atoms with Gasteiger partial charge in [-0.1, -0.05) is 37.6 Å². The Morgan fingerprint density at radius 1 is 1.32 bits per heavy atom. The van der Waals surface area contributed by atoms with E-state index in [0.29, 0.717) is 5.13 Å². The quantitative estimate of drug-likeness (QED) is 0.890. The van der Waals surface area contributed by atoms with Crippen LogP contribution in [0.3, 0.4) is 0 Å². The number of hydrogen-bond acceptors (Lipinski definition) is 4. The lowest BCUT2D eigenvalue weighted by Crippen LogP contribution is -2.39. The van der Waals surface area contributed by atoms with E-state index >= 15 is 0 Å². The summed E-state index contributed by atoms with van der Waals surface area (Å²) in [7, 11) is 0. The Labute approximate surface area is 141 Å². The molecule has 0 aliphatic rings. The fourth-order valence-electron chi connectivity index (χ4n) is 2.05. The van der Waals surface area contributed by atoms with Gasteiger partial charge in [-0.05, 0) is 25.3 Å². The zero-order valence-corrected chi connectivity index (χ0v) is 14.8. The normalized spacial score (nSPS) is 11.9. The molecule has 1 atom stereocenters. The van der Waals surface area contributed by atoms with Crippen LogP contribution in [0.25, 0.3) is 11.3 Å². The molecule has 6 heteroatoms. The Bertz CT molecular complexity index is 655. The van der Waals surface area contributed by atoms with E-state index < -0.39 is 6.04 Å². The standard InChI is InChI=1S/C16H21N3OS.ClH/c1-9(2)14(17)15(20)19-16-18-13(8-21-16)12-6-5-10(3)7-11(12)4;/h5-9,14H,17H2,1-4H3,(H,18,19,20);1H/t14-;/m0./s1. The minimum Gasteiger partial charge on any atom is -0.320 e. The van der Waals surface area contributed by atoms with Crippen LogP contribution in [0.15, 0.2) is 23.6 Å². The summed E-state index contributed by atoms with van der Waals surface area (Å²) in [5.41, 5.74) is 10.2. The van der Waals surface area contributed by atoms with Gasteiger partial charge in [-0.15, -0.1) is 23.7 Å². The van der Waals surface area contributed by atoms with Crippen molar-refractivity contribution in [3.63, 3.8) is 0 Å². The molecule has 3 N–H and O–H groups in total.